The molecule has 0 unspecified atom stereocenters. The Bertz CT molecular complexity index is 1730. The van der Waals surface area contributed by atoms with Crippen molar-refractivity contribution < 1.29 is 27.5 Å². The van der Waals surface area contributed by atoms with Crippen molar-refractivity contribution in [2.45, 2.75) is 11.4 Å². The van der Waals surface area contributed by atoms with Crippen LogP contribution in [0.4, 0.5) is 5.69 Å². The lowest BCUT2D eigenvalue weighted by Crippen LogP contribution is -2.40. The first-order valence-electron chi connectivity index (χ1n) is 11.7. The van der Waals surface area contributed by atoms with Crippen LogP contribution in [0.25, 0.3) is 16.8 Å². The van der Waals surface area contributed by atoms with E-state index in [-0.39, 0.29) is 13.3 Å². The van der Waals surface area contributed by atoms with Gasteiger partial charge in [-0.3, -0.25) is 24.7 Å². The maximum absolute atomic E-state index is 13.2. The summed E-state index contributed by atoms with van der Waals surface area (Å²) in [4.78, 5) is 24.9. The minimum atomic E-state index is -3.68. The summed E-state index contributed by atoms with van der Waals surface area (Å²) in [7, 11) is -3.68. The number of fused-ring (bicyclic) bond motifs is 1. The summed E-state index contributed by atoms with van der Waals surface area (Å²) < 4.78 is 38.3. The van der Waals surface area contributed by atoms with Gasteiger partial charge in [0.05, 0.1) is 17.1 Å². The van der Waals surface area contributed by atoms with E-state index < -0.39 is 21.8 Å². The average molecular weight is 528 g/mol. The molecule has 38 heavy (non-hydrogen) atoms. The van der Waals surface area contributed by atoms with Gasteiger partial charge in [-0.25, -0.2) is 8.42 Å². The van der Waals surface area contributed by atoms with Crippen LogP contribution in [0.3, 0.4) is 0 Å². The van der Waals surface area contributed by atoms with Crippen LogP contribution in [-0.4, -0.2) is 27.0 Å². The summed E-state index contributed by atoms with van der Waals surface area (Å²) in [6, 6.07) is 22.6. The van der Waals surface area contributed by atoms with Gasteiger partial charge in [-0.2, -0.15) is 0 Å². The number of benzene rings is 4. The van der Waals surface area contributed by atoms with Gasteiger partial charge in [-0.15, -0.1) is 0 Å². The van der Waals surface area contributed by atoms with Crippen molar-refractivity contribution in [1.82, 2.24) is 10.9 Å². The van der Waals surface area contributed by atoms with E-state index in [0.717, 1.165) is 10.9 Å². The second kappa shape index (κ2) is 9.24. The minimum absolute atomic E-state index is 0.124. The summed E-state index contributed by atoms with van der Waals surface area (Å²) in [5, 5.41) is 1.58. The number of anilines is 1. The Morgan fingerprint density at radius 2 is 1.66 bits per heavy atom. The molecule has 0 fully saturated rings. The molecule has 9 nitrogen and oxygen atoms in total. The van der Waals surface area contributed by atoms with Crippen molar-refractivity contribution in [3.05, 3.63) is 102 Å². The predicted molar refractivity (Wildman–Crippen MR) is 141 cm³/mol. The number of hydrogen-bond acceptors (Lipinski definition) is 6. The summed E-state index contributed by atoms with van der Waals surface area (Å²) >= 11 is 0. The number of sulfonamides is 1. The second-order valence-electron chi connectivity index (χ2n) is 8.73. The van der Waals surface area contributed by atoms with Crippen molar-refractivity contribution in [3.8, 4) is 11.5 Å². The van der Waals surface area contributed by atoms with E-state index in [4.69, 9.17) is 9.47 Å². The van der Waals surface area contributed by atoms with E-state index in [2.05, 4.69) is 10.9 Å². The topological polar surface area (TPSA) is 114 Å². The number of ether oxygens (including phenoxy) is 2. The van der Waals surface area contributed by atoms with Crippen molar-refractivity contribution in [1.29, 1.82) is 0 Å². The Hall–Kier alpha value is -4.83. The smallest absolute Gasteiger partial charge is 0.269 e. The molecule has 190 valence electrons. The normalized spacial score (nSPS) is 14.7. The number of nitrogens with one attached hydrogen (secondary N) is 2. The van der Waals surface area contributed by atoms with Crippen molar-refractivity contribution in [3.63, 3.8) is 0 Å². The Labute approximate surface area is 218 Å². The van der Waals surface area contributed by atoms with Gasteiger partial charge >= 0.3 is 0 Å². The van der Waals surface area contributed by atoms with E-state index in [9.17, 15) is 18.0 Å². The fraction of sp³-hybridized carbons (Fsp3) is 0.0714. The molecule has 2 heterocycles. The van der Waals surface area contributed by atoms with E-state index in [0.29, 0.717) is 38.6 Å². The molecule has 2 N–H and O–H groups in total. The van der Waals surface area contributed by atoms with Crippen molar-refractivity contribution in [2.75, 3.05) is 11.1 Å². The lowest BCUT2D eigenvalue weighted by Gasteiger charge is -2.19. The van der Waals surface area contributed by atoms with Crippen LogP contribution in [0.1, 0.15) is 21.5 Å². The molecule has 10 heteroatoms. The quantitative estimate of drug-likeness (QED) is 0.302. The van der Waals surface area contributed by atoms with Crippen LogP contribution in [-0.2, 0) is 21.4 Å². The molecule has 4 aromatic rings. The SMILES string of the molecule is O=C(C=Cc1ccc2c(c1)OCO2)NNC(=O)c1ccc(CN2c3cccc4cccc(c34)S2(=O)=O)cc1. The number of carbonyl (C=O) groups is 2. The Kier molecular flexibility index (Phi) is 5.73. The first-order chi connectivity index (χ1) is 18.4. The van der Waals surface area contributed by atoms with Gasteiger partial charge in [0.25, 0.3) is 21.8 Å². The van der Waals surface area contributed by atoms with Gasteiger partial charge in [-0.05, 0) is 59.0 Å². The summed E-state index contributed by atoms with van der Waals surface area (Å²) in [5.74, 6) is 0.232. The Morgan fingerprint density at radius 3 is 2.47 bits per heavy atom. The third-order valence-corrected chi connectivity index (χ3v) is 8.15. The van der Waals surface area contributed by atoms with Gasteiger partial charge in [0.2, 0.25) is 6.79 Å². The molecule has 0 aliphatic carbocycles. The Morgan fingerprint density at radius 1 is 0.895 bits per heavy atom. The van der Waals surface area contributed by atoms with Crippen LogP contribution in [0.2, 0.25) is 0 Å². The average Bonchev–Trinajstić information content (AvgIpc) is 3.48. The highest BCUT2D eigenvalue weighted by Crippen LogP contribution is 2.42. The Balaban J connectivity index is 1.08. The highest BCUT2D eigenvalue weighted by Gasteiger charge is 2.35. The maximum atomic E-state index is 13.2. The number of rotatable bonds is 5. The zero-order chi connectivity index (χ0) is 26.3. The maximum Gasteiger partial charge on any atom is 0.269 e. The van der Waals surface area contributed by atoms with Gasteiger partial charge in [0.1, 0.15) is 0 Å². The van der Waals surface area contributed by atoms with Crippen molar-refractivity contribution in [2.24, 2.45) is 0 Å². The molecule has 0 radical (unpaired) electrons. The lowest BCUT2D eigenvalue weighted by molar-refractivity contribution is -0.117. The van der Waals surface area contributed by atoms with E-state index in [1.807, 2.05) is 18.2 Å². The summed E-state index contributed by atoms with van der Waals surface area (Å²) in [6.45, 7) is 0.289. The summed E-state index contributed by atoms with van der Waals surface area (Å²) in [6.07, 6.45) is 2.87. The first-order valence-corrected chi connectivity index (χ1v) is 13.2. The van der Waals surface area contributed by atoms with Crippen LogP contribution in [0.15, 0.2) is 89.8 Å². The third-order valence-electron chi connectivity index (χ3n) is 6.35. The minimum Gasteiger partial charge on any atom is -0.454 e. The molecular formula is C28H21N3O6S. The molecule has 0 aromatic heterocycles. The molecule has 6 rings (SSSR count). The highest BCUT2D eigenvalue weighted by atomic mass is 32.2. The monoisotopic (exact) mass is 527 g/mol. The summed E-state index contributed by atoms with van der Waals surface area (Å²) in [5.41, 5.74) is 7.11. The number of carbonyl (C=O) groups excluding carboxylic acids is 2. The zero-order valence-corrected chi connectivity index (χ0v) is 20.7. The fourth-order valence-electron chi connectivity index (χ4n) is 4.48. The molecular weight excluding hydrogens is 506 g/mol. The highest BCUT2D eigenvalue weighted by molar-refractivity contribution is 7.93. The predicted octanol–water partition coefficient (Wildman–Crippen LogP) is 3.75. The number of amides is 2. The van der Waals surface area contributed by atoms with E-state index in [1.165, 1.54) is 10.4 Å². The standard InChI is InChI=1S/C28H21N3O6S/c32-26(14-10-18-9-13-23-24(15-18)37-17-36-23)29-30-28(33)21-11-7-19(8-12-21)16-31-22-5-1-3-20-4-2-6-25(27(20)22)38(31,34)35/h1-15H,16-17H2,(H,29,32)(H,30,33). The van der Waals surface area contributed by atoms with E-state index >= 15 is 0 Å². The molecule has 4 aromatic carbocycles. The van der Waals surface area contributed by atoms with Crippen LogP contribution < -0.4 is 24.6 Å². The number of nitrogens with zero attached hydrogens (tertiary/aromatic N) is 1. The fourth-order valence-corrected chi connectivity index (χ4v) is 6.18. The number of hydrazine groups is 1. The van der Waals surface area contributed by atoms with Crippen molar-refractivity contribution >= 4 is 44.4 Å². The molecule has 2 aliphatic rings. The first kappa shape index (κ1) is 23.6. The molecule has 2 amide bonds. The second-order valence-corrected chi connectivity index (χ2v) is 10.6. The molecule has 0 saturated carbocycles. The van der Waals surface area contributed by atoms with Crippen LogP contribution >= 0.6 is 0 Å². The molecule has 0 saturated heterocycles. The van der Waals surface area contributed by atoms with Gasteiger partial charge in [0.15, 0.2) is 11.5 Å². The van der Waals surface area contributed by atoms with Gasteiger partial charge in [0, 0.05) is 17.0 Å². The van der Waals surface area contributed by atoms with E-state index in [1.54, 1.807) is 66.7 Å². The molecule has 0 bridgehead atoms. The number of hydrogen-bond donors (Lipinski definition) is 2. The molecule has 0 spiro atoms. The molecule has 2 aliphatic heterocycles. The van der Waals surface area contributed by atoms with Crippen LogP contribution in [0.5, 0.6) is 11.5 Å². The van der Waals surface area contributed by atoms with Gasteiger partial charge in [-0.1, -0.05) is 42.5 Å². The van der Waals surface area contributed by atoms with Crippen LogP contribution in [0, 0.1) is 0 Å². The zero-order valence-electron chi connectivity index (χ0n) is 19.9. The largest absolute Gasteiger partial charge is 0.454 e. The lowest BCUT2D eigenvalue weighted by atomic mass is 10.1. The van der Waals surface area contributed by atoms with Gasteiger partial charge < -0.3 is 9.47 Å². The molecule has 0 atom stereocenters. The third kappa shape index (κ3) is 4.20.